The number of hydrogen-bond acceptors (Lipinski definition) is 1. The van der Waals surface area contributed by atoms with Gasteiger partial charge >= 0.3 is 0 Å². The van der Waals surface area contributed by atoms with Crippen LogP contribution in [0.5, 0.6) is 0 Å². The third-order valence-electron chi connectivity index (χ3n) is 2.71. The highest BCUT2D eigenvalue weighted by atomic mass is 35.7. The summed E-state index contributed by atoms with van der Waals surface area (Å²) in [5, 5.41) is 0. The highest BCUT2D eigenvalue weighted by molar-refractivity contribution is 7.67. The lowest BCUT2D eigenvalue weighted by Crippen LogP contribution is -2.47. The van der Waals surface area contributed by atoms with E-state index >= 15 is 0 Å². The first-order valence-electron chi connectivity index (χ1n) is 5.52. The van der Waals surface area contributed by atoms with Crippen LogP contribution in [-0.2, 0) is 4.74 Å². The maximum atomic E-state index is 6.52. The number of rotatable bonds is 4. The van der Waals surface area contributed by atoms with E-state index in [9.17, 15) is 0 Å². The molecule has 1 heterocycles. The monoisotopic (exact) mass is 286 g/mol. The Morgan fingerprint density at radius 1 is 1.43 bits per heavy atom. The Morgan fingerprint density at radius 2 is 2.14 bits per heavy atom. The Hall–Kier alpha value is 1.19. The molecule has 0 radical (unpaired) electrons. The molecular formula is C8H20Cl2OSi3. The largest absolute Gasteiger partial charge is 0.379 e. The molecule has 14 heavy (non-hydrogen) atoms. The minimum absolute atomic E-state index is 0.247. The van der Waals surface area contributed by atoms with E-state index in [2.05, 4.69) is 13.1 Å². The first-order valence-corrected chi connectivity index (χ1v) is 16.1. The second-order valence-corrected chi connectivity index (χ2v) is 24.5. The Morgan fingerprint density at radius 3 is 2.64 bits per heavy atom. The average molecular weight is 287 g/mol. The summed E-state index contributed by atoms with van der Waals surface area (Å²) in [6.07, 6.45) is 1.59. The predicted molar refractivity (Wildman–Crippen MR) is 73.3 cm³/mol. The molecule has 1 unspecified atom stereocenters. The fraction of sp³-hybridized carbons (Fsp3) is 1.00. The molecule has 0 spiro atoms. The first kappa shape index (κ1) is 13.3. The molecule has 0 aromatic heterocycles. The van der Waals surface area contributed by atoms with Gasteiger partial charge in [0.2, 0.25) is 0 Å². The minimum Gasteiger partial charge on any atom is -0.379 e. The molecule has 0 aliphatic carbocycles. The van der Waals surface area contributed by atoms with Crippen LogP contribution in [0.2, 0.25) is 18.8 Å². The number of halogens is 2. The van der Waals surface area contributed by atoms with E-state index in [4.69, 9.17) is 26.9 Å². The van der Waals surface area contributed by atoms with Gasteiger partial charge in [-0.15, -0.1) is 22.2 Å². The lowest BCUT2D eigenvalue weighted by molar-refractivity contribution is 0.0646. The summed E-state index contributed by atoms with van der Waals surface area (Å²) >= 11 is 13.0. The smallest absolute Gasteiger partial charge is 0.258 e. The zero-order chi connectivity index (χ0) is 10.6. The number of hydrogen-bond donors (Lipinski definition) is 0. The predicted octanol–water partition coefficient (Wildman–Crippen LogP) is 2.12. The van der Waals surface area contributed by atoms with Crippen LogP contribution < -0.4 is 0 Å². The summed E-state index contributed by atoms with van der Waals surface area (Å²) in [6.45, 7) is 5.65. The summed E-state index contributed by atoms with van der Waals surface area (Å²) in [4.78, 5) is 0. The van der Waals surface area contributed by atoms with Crippen LogP contribution >= 0.6 is 22.2 Å². The molecule has 6 heteroatoms. The van der Waals surface area contributed by atoms with Gasteiger partial charge in [-0.2, -0.15) is 0 Å². The van der Waals surface area contributed by atoms with E-state index in [1.54, 1.807) is 0 Å². The zero-order valence-electron chi connectivity index (χ0n) is 9.06. The third kappa shape index (κ3) is 4.37. The van der Waals surface area contributed by atoms with Crippen LogP contribution in [0.1, 0.15) is 19.3 Å². The summed E-state index contributed by atoms with van der Waals surface area (Å²) in [7, 11) is -0.699. The van der Waals surface area contributed by atoms with Crippen LogP contribution in [0.3, 0.4) is 0 Å². The van der Waals surface area contributed by atoms with Crippen molar-refractivity contribution in [2.45, 2.75) is 43.8 Å². The lowest BCUT2D eigenvalue weighted by atomic mass is 10.2. The van der Waals surface area contributed by atoms with Gasteiger partial charge in [0, 0.05) is 15.4 Å². The summed E-state index contributed by atoms with van der Waals surface area (Å²) in [5.74, 6) is 0. The van der Waals surface area contributed by atoms with E-state index in [0.29, 0.717) is 0 Å². The van der Waals surface area contributed by atoms with Crippen molar-refractivity contribution in [1.29, 1.82) is 0 Å². The highest BCUT2D eigenvalue weighted by Gasteiger charge is 2.39. The SMILES string of the molecule is C[SiH](C)C[SiH2][Si](Cl)(Cl)C1CCCCO1. The Balaban J connectivity index is 2.37. The molecule has 1 saturated heterocycles. The molecule has 0 N–H and O–H groups in total. The first-order chi connectivity index (χ1) is 6.52. The van der Waals surface area contributed by atoms with Gasteiger partial charge in [0.1, 0.15) is 0 Å². The van der Waals surface area contributed by atoms with Crippen molar-refractivity contribution < 1.29 is 4.74 Å². The van der Waals surface area contributed by atoms with Crippen LogP contribution in [0.25, 0.3) is 0 Å². The molecule has 0 aromatic carbocycles. The van der Waals surface area contributed by atoms with Gasteiger partial charge in [-0.25, -0.2) is 0 Å². The molecule has 1 nitrogen and oxygen atoms in total. The van der Waals surface area contributed by atoms with E-state index < -0.39 is 15.0 Å². The molecule has 0 saturated carbocycles. The molecule has 0 bridgehead atoms. The van der Waals surface area contributed by atoms with Crippen molar-refractivity contribution in [2.24, 2.45) is 0 Å². The van der Waals surface area contributed by atoms with Gasteiger partial charge in [0.05, 0.1) is 14.8 Å². The van der Waals surface area contributed by atoms with E-state index in [-0.39, 0.29) is 14.8 Å². The normalized spacial score (nSPS) is 25.1. The van der Waals surface area contributed by atoms with E-state index in [0.717, 1.165) is 13.0 Å². The van der Waals surface area contributed by atoms with Crippen molar-refractivity contribution in [2.75, 3.05) is 6.61 Å². The van der Waals surface area contributed by atoms with Crippen LogP contribution in [0, 0.1) is 0 Å². The fourth-order valence-corrected chi connectivity index (χ4v) is 24.4. The molecule has 84 valence electrons. The van der Waals surface area contributed by atoms with Gasteiger partial charge in [-0.1, -0.05) is 18.8 Å². The van der Waals surface area contributed by atoms with Gasteiger partial charge in [-0.05, 0) is 19.3 Å². The summed E-state index contributed by atoms with van der Waals surface area (Å²) in [6, 6.07) is 0. The van der Waals surface area contributed by atoms with Gasteiger partial charge in [-0.3, -0.25) is 0 Å². The second kappa shape index (κ2) is 6.06. The average Bonchev–Trinajstić information content (AvgIpc) is 2.16. The van der Waals surface area contributed by atoms with Crippen molar-refractivity contribution in [1.82, 2.24) is 0 Å². The van der Waals surface area contributed by atoms with Gasteiger partial charge in [0.25, 0.3) is 6.21 Å². The summed E-state index contributed by atoms with van der Waals surface area (Å²) in [5.41, 5.74) is 1.66. The Kier molecular flexibility index (Phi) is 5.74. The van der Waals surface area contributed by atoms with E-state index in [1.807, 2.05) is 0 Å². The second-order valence-electron chi connectivity index (χ2n) is 4.55. The van der Waals surface area contributed by atoms with Crippen molar-refractivity contribution in [3.63, 3.8) is 0 Å². The topological polar surface area (TPSA) is 9.23 Å². The third-order valence-corrected chi connectivity index (χ3v) is 21.4. The molecule has 1 fully saturated rings. The Bertz CT molecular complexity index is 172. The lowest BCUT2D eigenvalue weighted by Gasteiger charge is -2.31. The molecular weight excluding hydrogens is 267 g/mol. The van der Waals surface area contributed by atoms with Crippen LogP contribution in [0.15, 0.2) is 0 Å². The molecule has 1 atom stereocenters. The van der Waals surface area contributed by atoms with Crippen LogP contribution in [-0.4, -0.2) is 36.4 Å². The maximum Gasteiger partial charge on any atom is 0.258 e. The minimum atomic E-state index is -1.97. The van der Waals surface area contributed by atoms with Crippen molar-refractivity contribution in [3.8, 4) is 0 Å². The summed E-state index contributed by atoms with van der Waals surface area (Å²) < 4.78 is 5.72. The van der Waals surface area contributed by atoms with Gasteiger partial charge in [0.15, 0.2) is 0 Å². The fourth-order valence-electron chi connectivity index (χ4n) is 1.72. The molecule has 1 aliphatic heterocycles. The van der Waals surface area contributed by atoms with E-state index in [1.165, 1.54) is 18.5 Å². The number of ether oxygens (including phenoxy) is 1. The molecule has 1 rings (SSSR count). The van der Waals surface area contributed by atoms with Gasteiger partial charge < -0.3 is 4.74 Å². The molecule has 1 aliphatic rings. The van der Waals surface area contributed by atoms with Crippen molar-refractivity contribution >= 4 is 46.2 Å². The molecule has 0 aromatic rings. The maximum absolute atomic E-state index is 6.52. The Labute approximate surface area is 101 Å². The quantitative estimate of drug-likeness (QED) is 0.568. The van der Waals surface area contributed by atoms with Crippen molar-refractivity contribution in [3.05, 3.63) is 0 Å². The molecule has 0 amide bonds. The van der Waals surface area contributed by atoms with Crippen LogP contribution in [0.4, 0.5) is 0 Å². The highest BCUT2D eigenvalue weighted by Crippen LogP contribution is 2.28. The zero-order valence-corrected chi connectivity index (χ0v) is 14.1. The standard InChI is InChI=1S/C8H20Cl2OSi3/c1-13(2)7-12-14(9,10)8-5-3-4-6-11-8/h8,13H,3-7,12H2,1-2H3.